The molecule has 134 valence electrons. The summed E-state index contributed by atoms with van der Waals surface area (Å²) in [6.07, 6.45) is 1.60. The fourth-order valence-corrected chi connectivity index (χ4v) is 5.06. The molecule has 0 aliphatic carbocycles. The van der Waals surface area contributed by atoms with E-state index in [1.165, 1.54) is 4.31 Å². The Hall–Kier alpha value is -1.35. The Bertz CT molecular complexity index is 660. The monoisotopic (exact) mass is 356 g/mol. The molecule has 0 N–H and O–H groups in total. The fraction of sp³-hybridized carbons (Fsp3) is 0.625. The van der Waals surface area contributed by atoms with E-state index in [4.69, 9.17) is 14.2 Å². The molecule has 7 nitrogen and oxygen atoms in total. The Labute approximate surface area is 143 Å². The molecule has 24 heavy (non-hydrogen) atoms. The van der Waals surface area contributed by atoms with E-state index in [9.17, 15) is 8.42 Å². The second-order valence-electron chi connectivity index (χ2n) is 6.11. The van der Waals surface area contributed by atoms with Gasteiger partial charge in [0.25, 0.3) is 10.2 Å². The third-order valence-corrected chi connectivity index (χ3v) is 6.49. The Morgan fingerprint density at radius 1 is 1.21 bits per heavy atom. The third-order valence-electron chi connectivity index (χ3n) is 4.46. The molecule has 2 fully saturated rings. The second-order valence-corrected chi connectivity index (χ2v) is 7.99. The molecular formula is C16H24N2O5S. The highest BCUT2D eigenvalue weighted by atomic mass is 32.2. The third kappa shape index (κ3) is 3.51. The predicted octanol–water partition coefficient (Wildman–Crippen LogP) is 1.11. The van der Waals surface area contributed by atoms with Crippen molar-refractivity contribution in [3.63, 3.8) is 0 Å². The van der Waals surface area contributed by atoms with Gasteiger partial charge in [-0.3, -0.25) is 0 Å². The minimum Gasteiger partial charge on any atom is -0.497 e. The molecule has 0 saturated carbocycles. The van der Waals surface area contributed by atoms with Crippen LogP contribution in [0.25, 0.3) is 0 Å². The maximum absolute atomic E-state index is 12.7. The molecule has 1 unspecified atom stereocenters. The van der Waals surface area contributed by atoms with Crippen molar-refractivity contribution < 1.29 is 22.6 Å². The first-order valence-corrected chi connectivity index (χ1v) is 9.51. The van der Waals surface area contributed by atoms with Gasteiger partial charge in [0.1, 0.15) is 17.6 Å². The van der Waals surface area contributed by atoms with Crippen LogP contribution < -0.4 is 9.47 Å². The van der Waals surface area contributed by atoms with Crippen LogP contribution in [0.2, 0.25) is 0 Å². The summed E-state index contributed by atoms with van der Waals surface area (Å²) < 4.78 is 44.6. The average Bonchev–Trinajstić information content (AvgIpc) is 3.00. The normalized spacial score (nSPS) is 23.2. The van der Waals surface area contributed by atoms with E-state index in [2.05, 4.69) is 0 Å². The van der Waals surface area contributed by atoms with Gasteiger partial charge in [-0.05, 0) is 25.0 Å². The zero-order valence-electron chi connectivity index (χ0n) is 14.1. The van der Waals surface area contributed by atoms with E-state index in [0.29, 0.717) is 32.0 Å². The van der Waals surface area contributed by atoms with Gasteiger partial charge in [0.15, 0.2) is 0 Å². The first-order chi connectivity index (χ1) is 11.5. The van der Waals surface area contributed by atoms with Crippen LogP contribution in [0.4, 0.5) is 0 Å². The van der Waals surface area contributed by atoms with Crippen LogP contribution in [0.5, 0.6) is 11.5 Å². The van der Waals surface area contributed by atoms with Crippen LogP contribution >= 0.6 is 0 Å². The van der Waals surface area contributed by atoms with E-state index < -0.39 is 10.2 Å². The molecule has 0 spiro atoms. The first-order valence-electron chi connectivity index (χ1n) is 8.11. The summed E-state index contributed by atoms with van der Waals surface area (Å²) in [6, 6.07) is 7.27. The van der Waals surface area contributed by atoms with E-state index in [0.717, 1.165) is 18.6 Å². The van der Waals surface area contributed by atoms with Crippen molar-refractivity contribution in [2.75, 3.05) is 40.5 Å². The lowest BCUT2D eigenvalue weighted by Gasteiger charge is -2.40. The molecule has 2 aliphatic rings. The highest BCUT2D eigenvalue weighted by molar-refractivity contribution is 7.86. The maximum atomic E-state index is 12.7. The molecule has 2 heterocycles. The summed E-state index contributed by atoms with van der Waals surface area (Å²) in [7, 11) is -0.227. The fourth-order valence-electron chi connectivity index (χ4n) is 3.15. The first kappa shape index (κ1) is 17.5. The Kier molecular flexibility index (Phi) is 5.29. The molecule has 3 rings (SSSR count). The van der Waals surface area contributed by atoms with Crippen molar-refractivity contribution in [1.82, 2.24) is 8.61 Å². The zero-order chi connectivity index (χ0) is 17.2. The molecular weight excluding hydrogens is 332 g/mol. The van der Waals surface area contributed by atoms with Gasteiger partial charge < -0.3 is 14.2 Å². The molecule has 8 heteroatoms. The number of benzene rings is 1. The average molecular weight is 356 g/mol. The number of rotatable bonds is 7. The van der Waals surface area contributed by atoms with Crippen LogP contribution in [-0.4, -0.2) is 69.6 Å². The Balaban J connectivity index is 1.57. The number of hydrogen-bond acceptors (Lipinski definition) is 5. The van der Waals surface area contributed by atoms with Gasteiger partial charge in [0.05, 0.1) is 26.8 Å². The molecule has 0 radical (unpaired) electrons. The standard InChI is InChI=1S/C16H24N2O5S/c1-21-12-13-5-4-8-18(13)24(19,20)17-10-16(11-17)23-15-7-3-6-14(9-15)22-2/h3,6-7,9,13,16H,4-5,8,10-12H2,1-2H3. The lowest BCUT2D eigenvalue weighted by atomic mass is 10.2. The molecule has 0 amide bonds. The molecule has 1 aromatic rings. The van der Waals surface area contributed by atoms with E-state index in [1.807, 2.05) is 18.2 Å². The van der Waals surface area contributed by atoms with Crippen LogP contribution in [0, 0.1) is 0 Å². The molecule has 0 bridgehead atoms. The van der Waals surface area contributed by atoms with Gasteiger partial charge in [-0.15, -0.1) is 0 Å². The molecule has 2 aliphatic heterocycles. The van der Waals surface area contributed by atoms with Crippen molar-refractivity contribution in [2.24, 2.45) is 0 Å². The van der Waals surface area contributed by atoms with E-state index in [-0.39, 0.29) is 12.1 Å². The van der Waals surface area contributed by atoms with Gasteiger partial charge in [0.2, 0.25) is 0 Å². The molecule has 1 atom stereocenters. The van der Waals surface area contributed by atoms with Crippen LogP contribution in [-0.2, 0) is 14.9 Å². The number of nitrogens with zero attached hydrogens (tertiary/aromatic N) is 2. The smallest absolute Gasteiger partial charge is 0.282 e. The lowest BCUT2D eigenvalue weighted by Crippen LogP contribution is -2.60. The predicted molar refractivity (Wildman–Crippen MR) is 89.5 cm³/mol. The lowest BCUT2D eigenvalue weighted by molar-refractivity contribution is 0.0682. The highest BCUT2D eigenvalue weighted by Gasteiger charge is 2.44. The molecule has 2 saturated heterocycles. The van der Waals surface area contributed by atoms with Crippen molar-refractivity contribution in [2.45, 2.75) is 25.0 Å². The van der Waals surface area contributed by atoms with Crippen molar-refractivity contribution in [3.05, 3.63) is 24.3 Å². The van der Waals surface area contributed by atoms with Gasteiger partial charge in [0, 0.05) is 25.8 Å². The maximum Gasteiger partial charge on any atom is 0.282 e. The summed E-state index contributed by atoms with van der Waals surface area (Å²) >= 11 is 0. The van der Waals surface area contributed by atoms with Gasteiger partial charge in [-0.2, -0.15) is 17.0 Å². The molecule has 1 aromatic carbocycles. The van der Waals surface area contributed by atoms with Gasteiger partial charge >= 0.3 is 0 Å². The largest absolute Gasteiger partial charge is 0.497 e. The zero-order valence-corrected chi connectivity index (χ0v) is 14.9. The van der Waals surface area contributed by atoms with Crippen LogP contribution in [0.15, 0.2) is 24.3 Å². The minimum absolute atomic E-state index is 0.0571. The second kappa shape index (κ2) is 7.26. The molecule has 0 aromatic heterocycles. The van der Waals surface area contributed by atoms with Gasteiger partial charge in [-0.25, -0.2) is 0 Å². The van der Waals surface area contributed by atoms with Crippen LogP contribution in [0.1, 0.15) is 12.8 Å². The van der Waals surface area contributed by atoms with Crippen LogP contribution in [0.3, 0.4) is 0 Å². The quantitative estimate of drug-likeness (QED) is 0.732. The summed E-state index contributed by atoms with van der Waals surface area (Å²) in [5.74, 6) is 1.41. The van der Waals surface area contributed by atoms with E-state index >= 15 is 0 Å². The summed E-state index contributed by atoms with van der Waals surface area (Å²) in [4.78, 5) is 0. The number of hydrogen-bond donors (Lipinski definition) is 0. The van der Waals surface area contributed by atoms with Crippen molar-refractivity contribution in [3.8, 4) is 11.5 Å². The highest BCUT2D eigenvalue weighted by Crippen LogP contribution is 2.28. The topological polar surface area (TPSA) is 68.3 Å². The van der Waals surface area contributed by atoms with E-state index in [1.54, 1.807) is 24.6 Å². The minimum atomic E-state index is -3.43. The van der Waals surface area contributed by atoms with Crippen molar-refractivity contribution in [1.29, 1.82) is 0 Å². The Morgan fingerprint density at radius 2 is 1.96 bits per heavy atom. The number of methoxy groups -OCH3 is 2. The summed E-state index contributed by atoms with van der Waals surface area (Å²) in [5.41, 5.74) is 0. The van der Waals surface area contributed by atoms with Crippen molar-refractivity contribution >= 4 is 10.2 Å². The SMILES string of the molecule is COCC1CCCN1S(=O)(=O)N1CC(Oc2cccc(OC)c2)C1. The Morgan fingerprint density at radius 3 is 2.67 bits per heavy atom. The number of ether oxygens (including phenoxy) is 3. The summed E-state index contributed by atoms with van der Waals surface area (Å²) in [5, 5.41) is 0. The van der Waals surface area contributed by atoms with Gasteiger partial charge in [-0.1, -0.05) is 6.07 Å². The summed E-state index contributed by atoms with van der Waals surface area (Å²) in [6.45, 7) is 1.75.